The van der Waals surface area contributed by atoms with Crippen LogP contribution in [0.5, 0.6) is 0 Å². The lowest BCUT2D eigenvalue weighted by atomic mass is 9.92. The summed E-state index contributed by atoms with van der Waals surface area (Å²) in [6.07, 6.45) is 0. The van der Waals surface area contributed by atoms with Gasteiger partial charge < -0.3 is 5.32 Å². The molecule has 1 saturated heterocycles. The van der Waals surface area contributed by atoms with Crippen LogP contribution in [0.2, 0.25) is 0 Å². The highest BCUT2D eigenvalue weighted by Crippen LogP contribution is 2.27. The van der Waals surface area contributed by atoms with Crippen LogP contribution >= 0.6 is 0 Å². The van der Waals surface area contributed by atoms with Gasteiger partial charge in [-0.1, -0.05) is 56.3 Å². The average molecular weight is 312 g/mol. The van der Waals surface area contributed by atoms with Crippen molar-refractivity contribution < 1.29 is 4.39 Å². The Bertz CT molecular complexity index is 654. The van der Waals surface area contributed by atoms with E-state index in [0.29, 0.717) is 18.5 Å². The summed E-state index contributed by atoms with van der Waals surface area (Å²) in [7, 11) is 0. The van der Waals surface area contributed by atoms with Crippen molar-refractivity contribution >= 4 is 0 Å². The van der Waals surface area contributed by atoms with Crippen LogP contribution in [0.1, 0.15) is 42.5 Å². The van der Waals surface area contributed by atoms with Gasteiger partial charge in [0.25, 0.3) is 0 Å². The van der Waals surface area contributed by atoms with Crippen LogP contribution in [0.15, 0.2) is 48.5 Å². The second-order valence-electron chi connectivity index (χ2n) is 6.62. The smallest absolute Gasteiger partial charge is 0.127 e. The predicted molar refractivity (Wildman–Crippen MR) is 93.0 cm³/mol. The molecule has 1 N–H and O–H groups in total. The maximum absolute atomic E-state index is 13.9. The largest absolute Gasteiger partial charge is 0.308 e. The van der Waals surface area contributed by atoms with E-state index in [4.69, 9.17) is 0 Å². The van der Waals surface area contributed by atoms with Crippen molar-refractivity contribution in [3.05, 3.63) is 71.0 Å². The van der Waals surface area contributed by atoms with E-state index < -0.39 is 0 Å². The number of benzene rings is 2. The molecule has 23 heavy (non-hydrogen) atoms. The van der Waals surface area contributed by atoms with Gasteiger partial charge in [0.05, 0.1) is 0 Å². The van der Waals surface area contributed by atoms with Crippen LogP contribution in [0.25, 0.3) is 0 Å². The maximum atomic E-state index is 13.9. The molecule has 2 aromatic carbocycles. The highest BCUT2D eigenvalue weighted by atomic mass is 19.1. The number of halogens is 1. The van der Waals surface area contributed by atoms with Gasteiger partial charge in [0.2, 0.25) is 0 Å². The van der Waals surface area contributed by atoms with E-state index in [2.05, 4.69) is 48.3 Å². The molecule has 1 heterocycles. The second-order valence-corrected chi connectivity index (χ2v) is 6.62. The van der Waals surface area contributed by atoms with Crippen LogP contribution in [-0.2, 0) is 6.54 Å². The van der Waals surface area contributed by atoms with Gasteiger partial charge in [-0.25, -0.2) is 4.39 Å². The Morgan fingerprint density at radius 2 is 1.87 bits per heavy atom. The highest BCUT2D eigenvalue weighted by molar-refractivity contribution is 5.33. The molecule has 1 fully saturated rings. The first-order valence-electron chi connectivity index (χ1n) is 8.43. The molecule has 2 aromatic rings. The predicted octanol–water partition coefficient (Wildman–Crippen LogP) is 4.10. The minimum Gasteiger partial charge on any atom is -0.308 e. The zero-order chi connectivity index (χ0) is 16.2. The first-order chi connectivity index (χ1) is 11.1. The monoisotopic (exact) mass is 312 g/mol. The number of hydrogen-bond donors (Lipinski definition) is 1. The number of rotatable bonds is 4. The highest BCUT2D eigenvalue weighted by Gasteiger charge is 2.23. The van der Waals surface area contributed by atoms with Crippen molar-refractivity contribution in [1.29, 1.82) is 0 Å². The Balaban J connectivity index is 1.75. The number of nitrogens with zero attached hydrogens (tertiary/aromatic N) is 1. The SMILES string of the molecule is CC(C)c1ccccc1[C@@H]1CN(Cc2ccccc2F)CCN1. The Hall–Kier alpha value is -1.71. The lowest BCUT2D eigenvalue weighted by Gasteiger charge is -2.35. The molecule has 3 rings (SSSR count). The van der Waals surface area contributed by atoms with Gasteiger partial charge in [-0.3, -0.25) is 4.90 Å². The first-order valence-corrected chi connectivity index (χ1v) is 8.43. The third-order valence-electron chi connectivity index (χ3n) is 4.60. The Morgan fingerprint density at radius 1 is 1.13 bits per heavy atom. The summed E-state index contributed by atoms with van der Waals surface area (Å²) < 4.78 is 13.9. The normalized spacial score (nSPS) is 19.2. The molecule has 0 spiro atoms. The van der Waals surface area contributed by atoms with Crippen LogP contribution < -0.4 is 5.32 Å². The van der Waals surface area contributed by atoms with Crippen molar-refractivity contribution in [2.45, 2.75) is 32.4 Å². The van der Waals surface area contributed by atoms with Crippen molar-refractivity contribution in [3.63, 3.8) is 0 Å². The molecular formula is C20H25FN2. The summed E-state index contributed by atoms with van der Waals surface area (Å²) in [5.74, 6) is 0.403. The van der Waals surface area contributed by atoms with Gasteiger partial charge in [-0.15, -0.1) is 0 Å². The minimum atomic E-state index is -0.106. The third-order valence-corrected chi connectivity index (χ3v) is 4.60. The fourth-order valence-corrected chi connectivity index (χ4v) is 3.38. The molecule has 122 valence electrons. The zero-order valence-electron chi connectivity index (χ0n) is 13.9. The number of hydrogen-bond acceptors (Lipinski definition) is 2. The van der Waals surface area contributed by atoms with Crippen molar-refractivity contribution in [2.24, 2.45) is 0 Å². The van der Waals surface area contributed by atoms with Crippen LogP contribution in [0, 0.1) is 5.82 Å². The van der Waals surface area contributed by atoms with Crippen molar-refractivity contribution in [1.82, 2.24) is 10.2 Å². The summed E-state index contributed by atoms with van der Waals surface area (Å²) in [5.41, 5.74) is 3.56. The van der Waals surface area contributed by atoms with Gasteiger partial charge in [-0.2, -0.15) is 0 Å². The Labute approximate surface area is 138 Å². The molecule has 2 nitrogen and oxygen atoms in total. The number of nitrogens with one attached hydrogen (secondary N) is 1. The molecule has 0 saturated carbocycles. The summed E-state index contributed by atoms with van der Waals surface area (Å²) in [5, 5.41) is 3.63. The zero-order valence-corrected chi connectivity index (χ0v) is 13.9. The average Bonchev–Trinajstić information content (AvgIpc) is 2.57. The van der Waals surface area contributed by atoms with E-state index in [1.54, 1.807) is 12.1 Å². The standard InChI is InChI=1S/C20H25FN2/c1-15(2)17-8-4-5-9-18(17)20-14-23(12-11-22-20)13-16-7-3-6-10-19(16)21/h3-10,15,20,22H,11-14H2,1-2H3/t20-/m0/s1. The van der Waals surface area contributed by atoms with Crippen LogP contribution in [-0.4, -0.2) is 24.5 Å². The fourth-order valence-electron chi connectivity index (χ4n) is 3.38. The van der Waals surface area contributed by atoms with Gasteiger partial charge in [0.1, 0.15) is 5.82 Å². The van der Waals surface area contributed by atoms with E-state index >= 15 is 0 Å². The van der Waals surface area contributed by atoms with Gasteiger partial charge in [0, 0.05) is 37.8 Å². The Kier molecular flexibility index (Phi) is 5.09. The van der Waals surface area contributed by atoms with E-state index in [1.165, 1.54) is 11.1 Å². The fraction of sp³-hybridized carbons (Fsp3) is 0.400. The summed E-state index contributed by atoms with van der Waals surface area (Å²) in [6.45, 7) is 7.95. The van der Waals surface area contributed by atoms with E-state index in [1.807, 2.05) is 12.1 Å². The van der Waals surface area contributed by atoms with Crippen LogP contribution in [0.3, 0.4) is 0 Å². The first kappa shape index (κ1) is 16.2. The maximum Gasteiger partial charge on any atom is 0.127 e. The lowest BCUT2D eigenvalue weighted by molar-refractivity contribution is 0.190. The minimum absolute atomic E-state index is 0.106. The summed E-state index contributed by atoms with van der Waals surface area (Å²) in [6, 6.07) is 16.1. The lowest BCUT2D eigenvalue weighted by Crippen LogP contribution is -2.45. The molecule has 1 aliphatic heterocycles. The van der Waals surface area contributed by atoms with E-state index in [9.17, 15) is 4.39 Å². The molecule has 0 unspecified atom stereocenters. The molecule has 0 radical (unpaired) electrons. The molecule has 0 aromatic heterocycles. The van der Waals surface area contributed by atoms with Gasteiger partial charge in [0.15, 0.2) is 0 Å². The Morgan fingerprint density at radius 3 is 2.65 bits per heavy atom. The van der Waals surface area contributed by atoms with Gasteiger partial charge >= 0.3 is 0 Å². The molecule has 1 aliphatic rings. The molecule has 0 amide bonds. The number of piperazine rings is 1. The third kappa shape index (κ3) is 3.80. The summed E-state index contributed by atoms with van der Waals surface area (Å²) >= 11 is 0. The molecular weight excluding hydrogens is 287 g/mol. The summed E-state index contributed by atoms with van der Waals surface area (Å²) in [4.78, 5) is 2.34. The molecule has 0 aliphatic carbocycles. The van der Waals surface area contributed by atoms with Crippen molar-refractivity contribution in [3.8, 4) is 0 Å². The van der Waals surface area contributed by atoms with Crippen LogP contribution in [0.4, 0.5) is 4.39 Å². The second kappa shape index (κ2) is 7.24. The molecule has 0 bridgehead atoms. The molecule has 3 heteroatoms. The van der Waals surface area contributed by atoms with Gasteiger partial charge in [-0.05, 0) is 23.1 Å². The van der Waals surface area contributed by atoms with E-state index in [-0.39, 0.29) is 5.82 Å². The quantitative estimate of drug-likeness (QED) is 0.914. The molecule has 1 atom stereocenters. The van der Waals surface area contributed by atoms with E-state index in [0.717, 1.165) is 25.2 Å². The topological polar surface area (TPSA) is 15.3 Å². The van der Waals surface area contributed by atoms with Crippen molar-refractivity contribution in [2.75, 3.05) is 19.6 Å².